The third-order valence-electron chi connectivity index (χ3n) is 2.86. The van der Waals surface area contributed by atoms with Gasteiger partial charge in [-0.05, 0) is 18.1 Å². The number of carbonyl (C=O) groups is 2. The first kappa shape index (κ1) is 16.9. The molecule has 0 fully saturated rings. The van der Waals surface area contributed by atoms with Gasteiger partial charge in [-0.1, -0.05) is 18.2 Å². The molecule has 0 saturated carbocycles. The normalized spacial score (nSPS) is 11.7. The van der Waals surface area contributed by atoms with Gasteiger partial charge in [-0.3, -0.25) is 0 Å². The van der Waals surface area contributed by atoms with E-state index in [-0.39, 0.29) is 13.0 Å². The molecule has 4 N–H and O–H groups in total. The number of carboxylic acid groups (broad SMARTS) is 1. The van der Waals surface area contributed by atoms with Crippen molar-refractivity contribution in [3.05, 3.63) is 29.8 Å². The van der Waals surface area contributed by atoms with E-state index in [9.17, 15) is 9.59 Å². The van der Waals surface area contributed by atoms with Crippen LogP contribution in [-0.2, 0) is 16.0 Å². The van der Waals surface area contributed by atoms with Crippen LogP contribution in [0.25, 0.3) is 0 Å². The standard InChI is InChI=1S/C14H20N2O5/c1-21-9-7-10-4-2-3-5-11(10)15-14(20)16-12(6-8-17)13(18)19/h2-5,12,17H,6-9H2,1H3,(H,18,19)(H2,15,16,20)/t12-/m1/s1. The Hall–Kier alpha value is -2.12. The average molecular weight is 296 g/mol. The first-order valence-corrected chi connectivity index (χ1v) is 6.56. The lowest BCUT2D eigenvalue weighted by Gasteiger charge is -2.15. The van der Waals surface area contributed by atoms with Gasteiger partial charge in [-0.15, -0.1) is 0 Å². The summed E-state index contributed by atoms with van der Waals surface area (Å²) in [6.07, 6.45) is 0.583. The van der Waals surface area contributed by atoms with Gasteiger partial charge in [-0.2, -0.15) is 0 Å². The topological polar surface area (TPSA) is 108 Å². The van der Waals surface area contributed by atoms with E-state index < -0.39 is 18.0 Å². The molecule has 1 aromatic rings. The van der Waals surface area contributed by atoms with E-state index >= 15 is 0 Å². The van der Waals surface area contributed by atoms with Crippen molar-refractivity contribution in [2.45, 2.75) is 18.9 Å². The van der Waals surface area contributed by atoms with Crippen LogP contribution in [0.4, 0.5) is 10.5 Å². The lowest BCUT2D eigenvalue weighted by atomic mass is 10.1. The molecule has 7 heteroatoms. The van der Waals surface area contributed by atoms with Crippen LogP contribution in [0.15, 0.2) is 24.3 Å². The number of benzene rings is 1. The Morgan fingerprint density at radius 1 is 1.33 bits per heavy atom. The number of aliphatic hydroxyl groups is 1. The summed E-state index contributed by atoms with van der Waals surface area (Å²) in [7, 11) is 1.59. The van der Waals surface area contributed by atoms with E-state index in [0.717, 1.165) is 5.56 Å². The molecule has 116 valence electrons. The first-order valence-electron chi connectivity index (χ1n) is 6.56. The number of carbonyl (C=O) groups excluding carboxylic acids is 1. The highest BCUT2D eigenvalue weighted by atomic mass is 16.5. The third-order valence-corrected chi connectivity index (χ3v) is 2.86. The van der Waals surface area contributed by atoms with Gasteiger partial charge in [-0.25, -0.2) is 9.59 Å². The molecule has 0 aliphatic rings. The zero-order chi connectivity index (χ0) is 15.7. The van der Waals surface area contributed by atoms with Crippen LogP contribution in [-0.4, -0.2) is 48.6 Å². The van der Waals surface area contributed by atoms with Gasteiger partial charge in [0.1, 0.15) is 6.04 Å². The van der Waals surface area contributed by atoms with Crippen molar-refractivity contribution in [3.8, 4) is 0 Å². The summed E-state index contributed by atoms with van der Waals surface area (Å²) in [5, 5.41) is 22.6. The average Bonchev–Trinajstić information content (AvgIpc) is 2.45. The van der Waals surface area contributed by atoms with Crippen molar-refractivity contribution in [2.24, 2.45) is 0 Å². The number of para-hydroxylation sites is 1. The Morgan fingerprint density at radius 2 is 2.05 bits per heavy atom. The Balaban J connectivity index is 2.67. The van der Waals surface area contributed by atoms with E-state index in [4.69, 9.17) is 14.9 Å². The van der Waals surface area contributed by atoms with Crippen molar-refractivity contribution in [1.82, 2.24) is 5.32 Å². The van der Waals surface area contributed by atoms with Crippen molar-refractivity contribution in [3.63, 3.8) is 0 Å². The molecular formula is C14H20N2O5. The summed E-state index contributed by atoms with van der Waals surface area (Å²) >= 11 is 0. The summed E-state index contributed by atoms with van der Waals surface area (Å²) < 4.78 is 5.00. The minimum atomic E-state index is -1.19. The predicted molar refractivity (Wildman–Crippen MR) is 77.3 cm³/mol. The molecule has 0 aromatic heterocycles. The van der Waals surface area contributed by atoms with Gasteiger partial charge in [0.2, 0.25) is 0 Å². The van der Waals surface area contributed by atoms with Crippen LogP contribution < -0.4 is 10.6 Å². The number of aliphatic carboxylic acids is 1. The molecule has 1 rings (SSSR count). The van der Waals surface area contributed by atoms with Crippen molar-refractivity contribution < 1.29 is 24.5 Å². The first-order chi connectivity index (χ1) is 10.1. The second kappa shape index (κ2) is 8.93. The quantitative estimate of drug-likeness (QED) is 0.568. The number of aliphatic hydroxyl groups excluding tert-OH is 1. The molecule has 0 aliphatic carbocycles. The van der Waals surface area contributed by atoms with Crippen LogP contribution in [0.3, 0.4) is 0 Å². The Bertz CT molecular complexity index is 478. The third kappa shape index (κ3) is 5.80. The highest BCUT2D eigenvalue weighted by molar-refractivity contribution is 5.92. The highest BCUT2D eigenvalue weighted by Crippen LogP contribution is 2.15. The lowest BCUT2D eigenvalue weighted by Crippen LogP contribution is -2.43. The Morgan fingerprint density at radius 3 is 2.67 bits per heavy atom. The monoisotopic (exact) mass is 296 g/mol. The zero-order valence-electron chi connectivity index (χ0n) is 11.8. The number of hydrogen-bond donors (Lipinski definition) is 4. The maximum Gasteiger partial charge on any atom is 0.326 e. The second-order valence-electron chi connectivity index (χ2n) is 4.40. The van der Waals surface area contributed by atoms with E-state index in [0.29, 0.717) is 18.7 Å². The fourth-order valence-corrected chi connectivity index (χ4v) is 1.78. The number of rotatable bonds is 8. The molecule has 1 atom stereocenters. The summed E-state index contributed by atoms with van der Waals surface area (Å²) in [5.41, 5.74) is 1.49. The van der Waals surface area contributed by atoms with E-state index in [2.05, 4.69) is 10.6 Å². The number of anilines is 1. The fraction of sp³-hybridized carbons (Fsp3) is 0.429. The summed E-state index contributed by atoms with van der Waals surface area (Å²) in [6.45, 7) is 0.199. The summed E-state index contributed by atoms with van der Waals surface area (Å²) in [4.78, 5) is 22.7. The molecule has 0 radical (unpaired) electrons. The van der Waals surface area contributed by atoms with Crippen LogP contribution in [0.5, 0.6) is 0 Å². The minimum absolute atomic E-state index is 0.0475. The molecule has 7 nitrogen and oxygen atoms in total. The smallest absolute Gasteiger partial charge is 0.326 e. The number of hydrogen-bond acceptors (Lipinski definition) is 4. The van der Waals surface area contributed by atoms with Crippen LogP contribution in [0.1, 0.15) is 12.0 Å². The number of urea groups is 1. The van der Waals surface area contributed by atoms with Gasteiger partial charge in [0.25, 0.3) is 0 Å². The van der Waals surface area contributed by atoms with Crippen molar-refractivity contribution in [2.75, 3.05) is 25.6 Å². The van der Waals surface area contributed by atoms with E-state index in [1.54, 1.807) is 19.2 Å². The largest absolute Gasteiger partial charge is 0.480 e. The SMILES string of the molecule is COCCc1ccccc1NC(=O)N[C@H](CCO)C(=O)O. The second-order valence-corrected chi connectivity index (χ2v) is 4.40. The number of nitrogens with one attached hydrogen (secondary N) is 2. The molecule has 21 heavy (non-hydrogen) atoms. The number of ether oxygens (including phenoxy) is 1. The molecule has 0 spiro atoms. The minimum Gasteiger partial charge on any atom is -0.480 e. The van der Waals surface area contributed by atoms with Crippen molar-refractivity contribution in [1.29, 1.82) is 0 Å². The summed E-state index contributed by atoms with van der Waals surface area (Å²) in [6, 6.07) is 5.46. The van der Waals surface area contributed by atoms with Crippen LogP contribution >= 0.6 is 0 Å². The maximum atomic E-state index is 11.8. The van der Waals surface area contributed by atoms with Gasteiger partial charge < -0.3 is 25.6 Å². The maximum absolute atomic E-state index is 11.8. The van der Waals surface area contributed by atoms with Crippen LogP contribution in [0, 0.1) is 0 Å². The fourth-order valence-electron chi connectivity index (χ4n) is 1.78. The molecule has 0 bridgehead atoms. The number of amides is 2. The highest BCUT2D eigenvalue weighted by Gasteiger charge is 2.19. The van der Waals surface area contributed by atoms with Gasteiger partial charge in [0.05, 0.1) is 6.61 Å². The van der Waals surface area contributed by atoms with Gasteiger partial charge in [0.15, 0.2) is 0 Å². The molecule has 1 aromatic carbocycles. The van der Waals surface area contributed by atoms with E-state index in [1.165, 1.54) is 0 Å². The zero-order valence-corrected chi connectivity index (χ0v) is 11.8. The molecule has 0 unspecified atom stereocenters. The lowest BCUT2D eigenvalue weighted by molar-refractivity contribution is -0.139. The number of carboxylic acids is 1. The molecule has 0 heterocycles. The van der Waals surface area contributed by atoms with Crippen molar-refractivity contribution >= 4 is 17.7 Å². The molecular weight excluding hydrogens is 276 g/mol. The molecule has 0 aliphatic heterocycles. The molecule has 0 saturated heterocycles. The van der Waals surface area contributed by atoms with E-state index in [1.807, 2.05) is 12.1 Å². The molecule has 2 amide bonds. The van der Waals surface area contributed by atoms with Crippen LogP contribution in [0.2, 0.25) is 0 Å². The Kier molecular flexibility index (Phi) is 7.20. The number of methoxy groups -OCH3 is 1. The van der Waals surface area contributed by atoms with Gasteiger partial charge >= 0.3 is 12.0 Å². The summed E-state index contributed by atoms with van der Waals surface area (Å²) in [5.74, 6) is -1.19. The predicted octanol–water partition coefficient (Wildman–Crippen LogP) is 0.833. The van der Waals surface area contributed by atoms with Gasteiger partial charge in [0, 0.05) is 25.8 Å². The Labute approximate surface area is 122 Å².